The molecule has 13 heavy (non-hydrogen) atoms. The summed E-state index contributed by atoms with van der Waals surface area (Å²) in [7, 11) is 0. The number of nitrogens with two attached hydrogens (primary N) is 1. The molecule has 0 saturated carbocycles. The van der Waals surface area contributed by atoms with Crippen molar-refractivity contribution in [3.8, 4) is 0 Å². The number of allylic oxidation sites excluding steroid dienone is 1. The van der Waals surface area contributed by atoms with E-state index >= 15 is 0 Å². The summed E-state index contributed by atoms with van der Waals surface area (Å²) in [5.74, 6) is -0.354. The van der Waals surface area contributed by atoms with Gasteiger partial charge in [0.25, 0.3) is 0 Å². The van der Waals surface area contributed by atoms with E-state index in [0.29, 0.717) is 5.56 Å². The Hall–Kier alpha value is -1.09. The van der Waals surface area contributed by atoms with Crippen molar-refractivity contribution in [2.24, 2.45) is 5.73 Å². The highest BCUT2D eigenvalue weighted by atomic mass is 79.9. The van der Waals surface area contributed by atoms with E-state index in [9.17, 15) is 4.79 Å². The molecule has 2 nitrogen and oxygen atoms in total. The molecule has 0 bridgehead atoms. The molecule has 0 heterocycles. The fourth-order valence-corrected chi connectivity index (χ4v) is 2.07. The van der Waals surface area contributed by atoms with E-state index < -0.39 is 0 Å². The summed E-state index contributed by atoms with van der Waals surface area (Å²) >= 11 is 3.43. The van der Waals surface area contributed by atoms with Crippen molar-refractivity contribution >= 4 is 27.9 Å². The average molecular weight is 238 g/mol. The van der Waals surface area contributed by atoms with Crippen molar-refractivity contribution in [3.63, 3.8) is 0 Å². The van der Waals surface area contributed by atoms with Gasteiger partial charge in [0.05, 0.1) is 0 Å². The Bertz CT molecular complexity index is 410. The van der Waals surface area contributed by atoms with Gasteiger partial charge in [-0.05, 0) is 29.7 Å². The Balaban J connectivity index is 2.66. The Kier molecular flexibility index (Phi) is 1.96. The van der Waals surface area contributed by atoms with Crippen LogP contribution in [-0.2, 0) is 6.42 Å². The minimum atomic E-state index is -0.354. The van der Waals surface area contributed by atoms with Crippen LogP contribution in [0.25, 0.3) is 6.08 Å². The first-order chi connectivity index (χ1) is 6.20. The van der Waals surface area contributed by atoms with E-state index in [1.54, 1.807) is 6.07 Å². The minimum Gasteiger partial charge on any atom is -0.366 e. The third-order valence-electron chi connectivity index (χ3n) is 2.18. The minimum absolute atomic E-state index is 0.354. The number of amides is 1. The molecular formula is C10H8BrNO. The highest BCUT2D eigenvalue weighted by molar-refractivity contribution is 9.10. The molecular weight excluding hydrogens is 230 g/mol. The Morgan fingerprint density at radius 1 is 1.46 bits per heavy atom. The van der Waals surface area contributed by atoms with Gasteiger partial charge >= 0.3 is 0 Å². The van der Waals surface area contributed by atoms with Gasteiger partial charge in [-0.15, -0.1) is 0 Å². The largest absolute Gasteiger partial charge is 0.366 e. The van der Waals surface area contributed by atoms with Gasteiger partial charge in [0, 0.05) is 10.0 Å². The lowest BCUT2D eigenvalue weighted by Gasteiger charge is -2.06. The van der Waals surface area contributed by atoms with E-state index in [1.807, 2.05) is 18.2 Å². The lowest BCUT2D eigenvalue weighted by Crippen LogP contribution is -2.13. The Labute approximate surface area is 84.6 Å². The highest BCUT2D eigenvalue weighted by Gasteiger charge is 2.15. The van der Waals surface area contributed by atoms with Crippen molar-refractivity contribution in [3.05, 3.63) is 39.4 Å². The summed E-state index contributed by atoms with van der Waals surface area (Å²) in [4.78, 5) is 11.1. The first-order valence-electron chi connectivity index (χ1n) is 3.98. The molecule has 0 spiro atoms. The Morgan fingerprint density at radius 3 is 2.92 bits per heavy atom. The summed E-state index contributed by atoms with van der Waals surface area (Å²) in [5.41, 5.74) is 7.99. The predicted octanol–water partition coefficient (Wildman–Crippen LogP) is 2.12. The van der Waals surface area contributed by atoms with E-state index in [4.69, 9.17) is 5.73 Å². The van der Waals surface area contributed by atoms with Gasteiger partial charge in [-0.25, -0.2) is 0 Å². The van der Waals surface area contributed by atoms with E-state index in [-0.39, 0.29) is 5.91 Å². The number of hydrogen-bond donors (Lipinski definition) is 1. The third-order valence-corrected chi connectivity index (χ3v) is 2.87. The zero-order valence-corrected chi connectivity index (χ0v) is 8.47. The number of primary amides is 1. The zero-order chi connectivity index (χ0) is 9.42. The molecule has 1 aliphatic rings. The predicted molar refractivity (Wildman–Crippen MR) is 55.4 cm³/mol. The molecule has 2 N–H and O–H groups in total. The van der Waals surface area contributed by atoms with Crippen LogP contribution in [0.5, 0.6) is 0 Å². The summed E-state index contributed by atoms with van der Waals surface area (Å²) in [6, 6.07) is 3.62. The number of fused-ring (bicyclic) bond motifs is 1. The summed E-state index contributed by atoms with van der Waals surface area (Å²) in [6.45, 7) is 0. The molecule has 0 aliphatic heterocycles. The fraction of sp³-hybridized carbons (Fsp3) is 0.100. The maximum Gasteiger partial charge on any atom is 0.249 e. The van der Waals surface area contributed by atoms with Crippen LogP contribution in [0.2, 0.25) is 0 Å². The number of halogens is 1. The highest BCUT2D eigenvalue weighted by Crippen LogP contribution is 2.29. The van der Waals surface area contributed by atoms with Crippen molar-refractivity contribution in [1.82, 2.24) is 0 Å². The van der Waals surface area contributed by atoms with Crippen LogP contribution in [0.4, 0.5) is 0 Å². The molecule has 1 aliphatic carbocycles. The standard InChI is InChI=1S/C10H8BrNO/c11-9-5-4-8(10(12)13)6-2-1-3-7(6)9/h1,3-5H,2H2,(H2,12,13). The zero-order valence-electron chi connectivity index (χ0n) is 6.88. The first-order valence-corrected chi connectivity index (χ1v) is 4.77. The molecule has 3 heteroatoms. The molecule has 2 rings (SSSR count). The molecule has 0 saturated heterocycles. The van der Waals surface area contributed by atoms with Crippen molar-refractivity contribution in [1.29, 1.82) is 0 Å². The van der Waals surface area contributed by atoms with Gasteiger partial charge in [-0.1, -0.05) is 28.1 Å². The van der Waals surface area contributed by atoms with Crippen LogP contribution >= 0.6 is 15.9 Å². The second kappa shape index (κ2) is 3.00. The van der Waals surface area contributed by atoms with Crippen LogP contribution in [0, 0.1) is 0 Å². The normalized spacial score (nSPS) is 13.0. The van der Waals surface area contributed by atoms with Crippen LogP contribution in [0.15, 0.2) is 22.7 Å². The van der Waals surface area contributed by atoms with E-state index in [2.05, 4.69) is 15.9 Å². The second-order valence-electron chi connectivity index (χ2n) is 2.96. The van der Waals surface area contributed by atoms with Gasteiger partial charge in [-0.2, -0.15) is 0 Å². The number of carbonyl (C=O) groups excluding carboxylic acids is 1. The second-order valence-corrected chi connectivity index (χ2v) is 3.81. The smallest absolute Gasteiger partial charge is 0.249 e. The molecule has 0 aromatic heterocycles. The van der Waals surface area contributed by atoms with Crippen LogP contribution < -0.4 is 5.73 Å². The maximum atomic E-state index is 11.1. The van der Waals surface area contributed by atoms with Gasteiger partial charge in [0.2, 0.25) is 5.91 Å². The average Bonchev–Trinajstić information content (AvgIpc) is 2.53. The summed E-state index contributed by atoms with van der Waals surface area (Å²) < 4.78 is 1.02. The number of hydrogen-bond acceptors (Lipinski definition) is 1. The van der Waals surface area contributed by atoms with E-state index in [0.717, 1.165) is 22.0 Å². The molecule has 0 unspecified atom stereocenters. The molecule has 0 fully saturated rings. The fourth-order valence-electron chi connectivity index (χ4n) is 1.56. The van der Waals surface area contributed by atoms with Crippen LogP contribution in [0.3, 0.4) is 0 Å². The molecule has 1 amide bonds. The molecule has 1 aromatic rings. The molecule has 66 valence electrons. The van der Waals surface area contributed by atoms with Crippen LogP contribution in [0.1, 0.15) is 21.5 Å². The third kappa shape index (κ3) is 1.29. The van der Waals surface area contributed by atoms with Crippen molar-refractivity contribution in [2.45, 2.75) is 6.42 Å². The van der Waals surface area contributed by atoms with Gasteiger partial charge in [0.1, 0.15) is 0 Å². The summed E-state index contributed by atoms with van der Waals surface area (Å²) in [6.07, 6.45) is 4.83. The monoisotopic (exact) mass is 237 g/mol. The first kappa shape index (κ1) is 8.51. The van der Waals surface area contributed by atoms with Crippen molar-refractivity contribution < 1.29 is 4.79 Å². The van der Waals surface area contributed by atoms with Crippen LogP contribution in [-0.4, -0.2) is 5.91 Å². The SMILES string of the molecule is NC(=O)c1ccc(Br)c2c1CC=C2. The maximum absolute atomic E-state index is 11.1. The molecule has 0 radical (unpaired) electrons. The van der Waals surface area contributed by atoms with E-state index in [1.165, 1.54) is 0 Å². The number of rotatable bonds is 1. The molecule has 1 aromatic carbocycles. The van der Waals surface area contributed by atoms with Gasteiger partial charge in [-0.3, -0.25) is 4.79 Å². The number of carbonyl (C=O) groups is 1. The topological polar surface area (TPSA) is 43.1 Å². The molecule has 0 atom stereocenters. The number of benzene rings is 1. The quantitative estimate of drug-likeness (QED) is 0.799. The Morgan fingerprint density at radius 2 is 2.23 bits per heavy atom. The summed E-state index contributed by atoms with van der Waals surface area (Å²) in [5, 5.41) is 0. The lowest BCUT2D eigenvalue weighted by atomic mass is 10.0. The van der Waals surface area contributed by atoms with Gasteiger partial charge < -0.3 is 5.73 Å². The van der Waals surface area contributed by atoms with Gasteiger partial charge in [0.15, 0.2) is 0 Å². The lowest BCUT2D eigenvalue weighted by molar-refractivity contribution is 0.0999. The van der Waals surface area contributed by atoms with Crippen molar-refractivity contribution in [2.75, 3.05) is 0 Å².